The summed E-state index contributed by atoms with van der Waals surface area (Å²) >= 11 is 6.94. The molecule has 44 heavy (non-hydrogen) atoms. The van der Waals surface area contributed by atoms with E-state index in [0.717, 1.165) is 24.1 Å². The average Bonchev–Trinajstić information content (AvgIpc) is 3.37. The highest BCUT2D eigenvalue weighted by molar-refractivity contribution is 7.90. The van der Waals surface area contributed by atoms with Gasteiger partial charge in [0.2, 0.25) is 0 Å². The lowest BCUT2D eigenvalue weighted by molar-refractivity contribution is -0.144. The molecule has 0 atom stereocenters. The SMILES string of the molecule is Cc1ccc(OCC(=O)NS(=O)(=O)c2cccc(Cl)c2)c(-c2nsc3ccc(-n4c(=O)cc(C(F)(F)F)n(C)c4=O)cc23)c1. The predicted octanol–water partition coefficient (Wildman–Crippen LogP) is 4.68. The third-order valence-corrected chi connectivity index (χ3v) is 8.86. The molecule has 0 spiro atoms. The van der Waals surface area contributed by atoms with Gasteiger partial charge in [0.15, 0.2) is 6.61 Å². The summed E-state index contributed by atoms with van der Waals surface area (Å²) in [7, 11) is -3.30. The highest BCUT2D eigenvalue weighted by Crippen LogP contribution is 2.38. The molecule has 0 saturated carbocycles. The largest absolute Gasteiger partial charge is 0.483 e. The minimum absolute atomic E-state index is 0.0130. The molecule has 10 nitrogen and oxygen atoms in total. The molecule has 2 heterocycles. The van der Waals surface area contributed by atoms with Gasteiger partial charge in [-0.05, 0) is 67.0 Å². The molecule has 5 aromatic rings. The third kappa shape index (κ3) is 6.11. The number of carbonyl (C=O) groups is 1. The second-order valence-electron chi connectivity index (χ2n) is 9.53. The zero-order valence-corrected chi connectivity index (χ0v) is 25.1. The van der Waals surface area contributed by atoms with Gasteiger partial charge in [0.1, 0.15) is 11.4 Å². The van der Waals surface area contributed by atoms with Crippen molar-refractivity contribution in [3.05, 3.63) is 104 Å². The molecule has 0 fully saturated rings. The van der Waals surface area contributed by atoms with Gasteiger partial charge in [-0.1, -0.05) is 29.3 Å². The number of alkyl halides is 3. The number of amides is 1. The predicted molar refractivity (Wildman–Crippen MR) is 158 cm³/mol. The molecule has 0 aliphatic heterocycles. The Morgan fingerprint density at radius 1 is 1.07 bits per heavy atom. The van der Waals surface area contributed by atoms with E-state index < -0.39 is 45.7 Å². The molecule has 228 valence electrons. The number of sulfonamides is 1. The highest BCUT2D eigenvalue weighted by Gasteiger charge is 2.35. The van der Waals surface area contributed by atoms with E-state index in [4.69, 9.17) is 16.3 Å². The van der Waals surface area contributed by atoms with Crippen molar-refractivity contribution in [1.82, 2.24) is 18.2 Å². The summed E-state index contributed by atoms with van der Waals surface area (Å²) in [6.07, 6.45) is -4.90. The Bertz CT molecular complexity index is 2180. The van der Waals surface area contributed by atoms with Crippen LogP contribution in [-0.2, 0) is 28.0 Å². The molecule has 2 aromatic heterocycles. The highest BCUT2D eigenvalue weighted by atomic mass is 35.5. The molecule has 0 aliphatic carbocycles. The Balaban J connectivity index is 1.49. The lowest BCUT2D eigenvalue weighted by atomic mass is 10.0. The number of nitrogens with zero attached hydrogens (tertiary/aromatic N) is 3. The molecule has 0 aliphatic rings. The Morgan fingerprint density at radius 3 is 2.52 bits per heavy atom. The van der Waals surface area contributed by atoms with Crippen molar-refractivity contribution in [2.75, 3.05) is 6.61 Å². The van der Waals surface area contributed by atoms with Crippen molar-refractivity contribution in [1.29, 1.82) is 0 Å². The van der Waals surface area contributed by atoms with E-state index in [1.54, 1.807) is 31.2 Å². The van der Waals surface area contributed by atoms with Crippen LogP contribution in [0.25, 0.3) is 27.0 Å². The lowest BCUT2D eigenvalue weighted by Crippen LogP contribution is -2.40. The number of ether oxygens (including phenoxy) is 1. The number of nitrogens with one attached hydrogen (secondary N) is 1. The number of benzene rings is 3. The molecule has 16 heteroatoms. The van der Waals surface area contributed by atoms with Gasteiger partial charge in [-0.15, -0.1) is 0 Å². The molecule has 1 N–H and O–H groups in total. The minimum atomic E-state index is -4.90. The van der Waals surface area contributed by atoms with Crippen LogP contribution in [0.5, 0.6) is 5.75 Å². The van der Waals surface area contributed by atoms with Crippen LogP contribution < -0.4 is 20.7 Å². The summed E-state index contributed by atoms with van der Waals surface area (Å²) in [4.78, 5) is 37.9. The van der Waals surface area contributed by atoms with Crippen LogP contribution in [0.2, 0.25) is 5.02 Å². The Kier molecular flexibility index (Phi) is 8.13. The zero-order chi connectivity index (χ0) is 32.0. The van der Waals surface area contributed by atoms with Gasteiger partial charge in [-0.3, -0.25) is 14.2 Å². The van der Waals surface area contributed by atoms with Crippen molar-refractivity contribution >= 4 is 49.2 Å². The summed E-state index contributed by atoms with van der Waals surface area (Å²) in [5.74, 6) is -0.787. The molecule has 5 rings (SSSR count). The van der Waals surface area contributed by atoms with E-state index in [9.17, 15) is 36.0 Å². The summed E-state index contributed by atoms with van der Waals surface area (Å²) < 4.78 is 78.8. The summed E-state index contributed by atoms with van der Waals surface area (Å²) in [5.41, 5.74) is -2.19. The number of aromatic nitrogens is 3. The first-order valence-corrected chi connectivity index (χ1v) is 15.1. The zero-order valence-electron chi connectivity index (χ0n) is 22.7. The maximum absolute atomic E-state index is 13.3. The van der Waals surface area contributed by atoms with Crippen LogP contribution in [0.4, 0.5) is 13.2 Å². The number of halogens is 4. The molecule has 3 aromatic carbocycles. The monoisotopic (exact) mass is 664 g/mol. The van der Waals surface area contributed by atoms with Crippen LogP contribution in [0.3, 0.4) is 0 Å². The number of hydrogen-bond acceptors (Lipinski definition) is 8. The molecule has 1 amide bonds. The van der Waals surface area contributed by atoms with Crippen molar-refractivity contribution in [3.63, 3.8) is 0 Å². The van der Waals surface area contributed by atoms with Crippen molar-refractivity contribution in [2.45, 2.75) is 18.0 Å². The van der Waals surface area contributed by atoms with Gasteiger partial charge < -0.3 is 4.74 Å². The van der Waals surface area contributed by atoms with Crippen LogP contribution in [0, 0.1) is 6.92 Å². The molecular formula is C28H20ClF3N4O6S2. The minimum Gasteiger partial charge on any atom is -0.483 e. The van der Waals surface area contributed by atoms with Crippen molar-refractivity contribution < 1.29 is 31.1 Å². The number of hydrogen-bond donors (Lipinski definition) is 1. The van der Waals surface area contributed by atoms with E-state index >= 15 is 0 Å². The fourth-order valence-corrected chi connectivity index (χ4v) is 6.41. The van der Waals surface area contributed by atoms with Crippen LogP contribution >= 0.6 is 23.1 Å². The second kappa shape index (κ2) is 11.6. The van der Waals surface area contributed by atoms with E-state index in [-0.39, 0.29) is 21.4 Å². The third-order valence-electron chi connectivity index (χ3n) is 6.43. The van der Waals surface area contributed by atoms with Crippen LogP contribution in [-0.4, -0.2) is 34.4 Å². The Hall–Kier alpha value is -4.47. The first kappa shape index (κ1) is 31.0. The second-order valence-corrected chi connectivity index (χ2v) is 12.5. The van der Waals surface area contributed by atoms with E-state index in [1.165, 1.54) is 36.4 Å². The lowest BCUT2D eigenvalue weighted by Gasteiger charge is -2.14. The standard InChI is InChI=1S/C28H20ClF3N4O6S2/c1-15-6-8-21(42-14-24(37)34-44(40,41)18-5-3-4-16(29)11-18)19(10-15)26-20-12-17(7-9-22(20)43-33-26)36-25(38)13-23(28(30,31)32)35(2)27(36)39/h3-13H,14H2,1-2H3,(H,34,37). The molecule has 0 bridgehead atoms. The number of aryl methyl sites for hydroxylation is 1. The van der Waals surface area contributed by atoms with E-state index in [1.807, 2.05) is 4.72 Å². The van der Waals surface area contributed by atoms with Gasteiger partial charge in [0, 0.05) is 29.1 Å². The fourth-order valence-electron chi connectivity index (χ4n) is 4.37. The van der Waals surface area contributed by atoms with Gasteiger partial charge in [-0.25, -0.2) is 22.5 Å². The summed E-state index contributed by atoms with van der Waals surface area (Å²) in [6.45, 7) is 1.11. The topological polar surface area (TPSA) is 129 Å². The Morgan fingerprint density at radius 2 is 1.82 bits per heavy atom. The first-order chi connectivity index (χ1) is 20.7. The maximum atomic E-state index is 13.3. The van der Waals surface area contributed by atoms with Crippen molar-refractivity contribution in [2.24, 2.45) is 7.05 Å². The van der Waals surface area contributed by atoms with Crippen LogP contribution in [0.1, 0.15) is 11.3 Å². The first-order valence-electron chi connectivity index (χ1n) is 12.5. The van der Waals surface area contributed by atoms with E-state index in [2.05, 4.69) is 4.37 Å². The number of carbonyl (C=O) groups excluding carboxylic acids is 1. The van der Waals surface area contributed by atoms with Gasteiger partial charge in [-0.2, -0.15) is 17.5 Å². The van der Waals surface area contributed by atoms with Gasteiger partial charge in [0.25, 0.3) is 21.5 Å². The number of rotatable bonds is 7. The quantitative estimate of drug-likeness (QED) is 0.268. The van der Waals surface area contributed by atoms with Gasteiger partial charge >= 0.3 is 11.9 Å². The molecule has 0 saturated heterocycles. The average molecular weight is 665 g/mol. The maximum Gasteiger partial charge on any atom is 0.431 e. The summed E-state index contributed by atoms with van der Waals surface area (Å²) in [5, 5.41) is 0.618. The molecular weight excluding hydrogens is 645 g/mol. The normalized spacial score (nSPS) is 12.0. The summed E-state index contributed by atoms with van der Waals surface area (Å²) in [6, 6.07) is 15.1. The van der Waals surface area contributed by atoms with E-state index in [0.29, 0.717) is 36.5 Å². The van der Waals surface area contributed by atoms with Crippen LogP contribution in [0.15, 0.2) is 81.2 Å². The number of fused-ring (bicyclic) bond motifs is 1. The van der Waals surface area contributed by atoms with Gasteiger partial charge in [0.05, 0.1) is 21.0 Å². The fraction of sp³-hybridized carbons (Fsp3) is 0.143. The Labute approximate surface area is 256 Å². The van der Waals surface area contributed by atoms with Crippen molar-refractivity contribution in [3.8, 4) is 22.7 Å². The molecule has 0 radical (unpaired) electrons. The smallest absolute Gasteiger partial charge is 0.431 e. The molecule has 0 unspecified atom stereocenters.